The number of fused-ring (bicyclic) bond motifs is 1. The van der Waals surface area contributed by atoms with Gasteiger partial charge in [-0.05, 0) is 31.2 Å². The Morgan fingerprint density at radius 2 is 1.88 bits per heavy atom. The minimum atomic E-state index is -2.75. The molecule has 172 valence electrons. The molecule has 2 aromatic carbocycles. The van der Waals surface area contributed by atoms with Crippen LogP contribution in [0.3, 0.4) is 0 Å². The van der Waals surface area contributed by atoms with E-state index in [0.29, 0.717) is 27.8 Å². The Morgan fingerprint density at radius 1 is 1.18 bits per heavy atom. The summed E-state index contributed by atoms with van der Waals surface area (Å²) in [6.07, 6.45) is -0.691. The van der Waals surface area contributed by atoms with Gasteiger partial charge in [0, 0.05) is 37.2 Å². The fourth-order valence-corrected chi connectivity index (χ4v) is 4.02. The number of alkyl halides is 2. The smallest absolute Gasteiger partial charge is 0.337 e. The van der Waals surface area contributed by atoms with Gasteiger partial charge in [-0.15, -0.1) is 0 Å². The van der Waals surface area contributed by atoms with Gasteiger partial charge in [0.25, 0.3) is 5.92 Å². The number of benzene rings is 2. The molecule has 0 radical (unpaired) electrons. The van der Waals surface area contributed by atoms with Crippen LogP contribution in [0.5, 0.6) is 0 Å². The summed E-state index contributed by atoms with van der Waals surface area (Å²) in [6, 6.07) is 13.1. The first-order chi connectivity index (χ1) is 16.2. The highest BCUT2D eigenvalue weighted by Gasteiger charge is 2.35. The topological polar surface area (TPSA) is 126 Å². The van der Waals surface area contributed by atoms with Crippen molar-refractivity contribution in [1.82, 2.24) is 9.97 Å². The summed E-state index contributed by atoms with van der Waals surface area (Å²) >= 11 is 0. The predicted octanol–water partition coefficient (Wildman–Crippen LogP) is 4.48. The van der Waals surface area contributed by atoms with E-state index in [2.05, 4.69) is 21.4 Å². The quantitative estimate of drug-likeness (QED) is 0.568. The third-order valence-electron chi connectivity index (χ3n) is 5.81. The Balaban J connectivity index is 1.81. The second kappa shape index (κ2) is 8.91. The second-order valence-corrected chi connectivity index (χ2v) is 8.11. The molecular formula is C24H20F2N6O2. The van der Waals surface area contributed by atoms with Gasteiger partial charge in [-0.25, -0.2) is 23.5 Å². The lowest BCUT2D eigenvalue weighted by Crippen LogP contribution is -2.40. The van der Waals surface area contributed by atoms with Crippen LogP contribution in [0.4, 0.5) is 20.3 Å². The molecule has 0 spiro atoms. The number of rotatable bonds is 5. The van der Waals surface area contributed by atoms with Crippen molar-refractivity contribution in [3.63, 3.8) is 0 Å². The standard InChI is InChI=1S/C24H20F2N6O2/c1-14(29-18-5-3-2-4-16(18)23(33)34)17-10-15(12-27)11-19-21(17)31-22(20(13-28)30-19)32-8-6-24(25,26)7-9-32/h2-5,10-11,14,29H,6-9H2,1H3,(H,33,34)/t14-/m0/s1. The number of hydrogen-bond donors (Lipinski definition) is 2. The maximum absolute atomic E-state index is 13.7. The maximum atomic E-state index is 13.7. The van der Waals surface area contributed by atoms with E-state index >= 15 is 0 Å². The fourth-order valence-electron chi connectivity index (χ4n) is 4.02. The van der Waals surface area contributed by atoms with Gasteiger partial charge in [0.2, 0.25) is 0 Å². The van der Waals surface area contributed by atoms with Crippen molar-refractivity contribution in [2.45, 2.75) is 31.7 Å². The number of hydrogen-bond acceptors (Lipinski definition) is 7. The van der Waals surface area contributed by atoms with Crippen LogP contribution in [0.25, 0.3) is 11.0 Å². The van der Waals surface area contributed by atoms with Crippen LogP contribution in [-0.2, 0) is 0 Å². The number of nitriles is 2. The van der Waals surface area contributed by atoms with Crippen LogP contribution in [0, 0.1) is 22.7 Å². The van der Waals surface area contributed by atoms with Gasteiger partial charge in [0.05, 0.1) is 34.3 Å². The van der Waals surface area contributed by atoms with Gasteiger partial charge in [-0.1, -0.05) is 12.1 Å². The fraction of sp³-hybridized carbons (Fsp3) is 0.292. The maximum Gasteiger partial charge on any atom is 0.337 e. The van der Waals surface area contributed by atoms with E-state index in [1.807, 2.05) is 6.07 Å². The molecular weight excluding hydrogens is 442 g/mol. The molecule has 1 atom stereocenters. The minimum Gasteiger partial charge on any atom is -0.478 e. The molecule has 0 aliphatic carbocycles. The molecule has 0 unspecified atom stereocenters. The number of anilines is 2. The lowest BCUT2D eigenvalue weighted by molar-refractivity contribution is -0.0221. The summed E-state index contributed by atoms with van der Waals surface area (Å²) in [4.78, 5) is 22.2. The van der Waals surface area contributed by atoms with Crippen LogP contribution in [-0.4, -0.2) is 40.1 Å². The number of carboxylic acids is 1. The Kier molecular flexibility index (Phi) is 5.99. The highest BCUT2D eigenvalue weighted by atomic mass is 19.3. The molecule has 34 heavy (non-hydrogen) atoms. The summed E-state index contributed by atoms with van der Waals surface area (Å²) in [5.74, 6) is -3.63. The van der Waals surface area contributed by atoms with Gasteiger partial charge in [-0.3, -0.25) is 0 Å². The van der Waals surface area contributed by atoms with E-state index in [0.717, 1.165) is 0 Å². The zero-order valence-corrected chi connectivity index (χ0v) is 18.2. The Morgan fingerprint density at radius 3 is 2.53 bits per heavy atom. The van der Waals surface area contributed by atoms with E-state index in [9.17, 15) is 29.2 Å². The number of aromatic carboxylic acids is 1. The molecule has 3 aromatic rings. The summed E-state index contributed by atoms with van der Waals surface area (Å²) in [6.45, 7) is 1.86. The molecule has 2 N–H and O–H groups in total. The molecule has 1 aliphatic rings. The van der Waals surface area contributed by atoms with Crippen LogP contribution < -0.4 is 10.2 Å². The molecule has 0 amide bonds. The summed E-state index contributed by atoms with van der Waals surface area (Å²) in [5, 5.41) is 31.8. The van der Waals surface area contributed by atoms with E-state index in [1.165, 1.54) is 12.1 Å². The zero-order valence-electron chi connectivity index (χ0n) is 18.2. The van der Waals surface area contributed by atoms with Crippen molar-refractivity contribution < 1.29 is 18.7 Å². The van der Waals surface area contributed by atoms with E-state index in [4.69, 9.17) is 0 Å². The summed E-state index contributed by atoms with van der Waals surface area (Å²) in [7, 11) is 0. The minimum absolute atomic E-state index is 0.00408. The highest BCUT2D eigenvalue weighted by molar-refractivity contribution is 5.94. The van der Waals surface area contributed by atoms with E-state index < -0.39 is 17.9 Å². The van der Waals surface area contributed by atoms with Crippen molar-refractivity contribution in [2.24, 2.45) is 0 Å². The molecule has 1 aromatic heterocycles. The lowest BCUT2D eigenvalue weighted by Gasteiger charge is -2.33. The molecule has 10 heteroatoms. The van der Waals surface area contributed by atoms with Crippen molar-refractivity contribution in [3.05, 3.63) is 58.8 Å². The van der Waals surface area contributed by atoms with Crippen LogP contribution >= 0.6 is 0 Å². The molecule has 0 bridgehead atoms. The Hall–Kier alpha value is -4.31. The number of nitrogens with zero attached hydrogens (tertiary/aromatic N) is 5. The molecule has 8 nitrogen and oxygen atoms in total. The summed E-state index contributed by atoms with van der Waals surface area (Å²) in [5.41, 5.74) is 2.05. The number of para-hydroxylation sites is 1. The molecule has 1 saturated heterocycles. The number of aromatic nitrogens is 2. The number of carboxylic acid groups (broad SMARTS) is 1. The van der Waals surface area contributed by atoms with Gasteiger partial charge in [-0.2, -0.15) is 10.5 Å². The van der Waals surface area contributed by atoms with Gasteiger partial charge < -0.3 is 15.3 Å². The molecule has 4 rings (SSSR count). The highest BCUT2D eigenvalue weighted by Crippen LogP contribution is 2.33. The van der Waals surface area contributed by atoms with Gasteiger partial charge in [0.15, 0.2) is 11.5 Å². The second-order valence-electron chi connectivity index (χ2n) is 8.11. The average Bonchev–Trinajstić information content (AvgIpc) is 2.82. The third kappa shape index (κ3) is 4.44. The molecule has 1 fully saturated rings. The monoisotopic (exact) mass is 462 g/mol. The van der Waals surface area contributed by atoms with E-state index in [-0.39, 0.29) is 43.0 Å². The first kappa shape index (κ1) is 22.9. The number of halogens is 2. The molecule has 2 heterocycles. The van der Waals surface area contributed by atoms with Crippen LogP contribution in [0.2, 0.25) is 0 Å². The first-order valence-corrected chi connectivity index (χ1v) is 10.6. The van der Waals surface area contributed by atoms with Crippen molar-refractivity contribution in [3.8, 4) is 12.1 Å². The van der Waals surface area contributed by atoms with Crippen LogP contribution in [0.15, 0.2) is 36.4 Å². The van der Waals surface area contributed by atoms with Crippen LogP contribution in [0.1, 0.15) is 53.0 Å². The molecule has 1 aliphatic heterocycles. The van der Waals surface area contributed by atoms with Crippen molar-refractivity contribution >= 4 is 28.5 Å². The largest absolute Gasteiger partial charge is 0.478 e. The number of nitrogens with one attached hydrogen (secondary N) is 1. The van der Waals surface area contributed by atoms with Crippen molar-refractivity contribution in [1.29, 1.82) is 10.5 Å². The normalized spacial score (nSPS) is 15.9. The Bertz CT molecular complexity index is 1350. The SMILES string of the molecule is C[C@H](Nc1ccccc1C(=O)O)c1cc(C#N)cc2nc(C#N)c(N3CCC(F)(F)CC3)nc12. The number of carbonyl (C=O) groups is 1. The summed E-state index contributed by atoms with van der Waals surface area (Å²) < 4.78 is 27.3. The lowest BCUT2D eigenvalue weighted by atomic mass is 10.0. The van der Waals surface area contributed by atoms with Crippen molar-refractivity contribution in [2.75, 3.05) is 23.3 Å². The average molecular weight is 462 g/mol. The van der Waals surface area contributed by atoms with E-state index in [1.54, 1.807) is 36.1 Å². The predicted molar refractivity (Wildman–Crippen MR) is 121 cm³/mol. The zero-order chi connectivity index (χ0) is 24.5. The van der Waals surface area contributed by atoms with Gasteiger partial charge >= 0.3 is 5.97 Å². The Labute approximate surface area is 194 Å². The number of piperidine rings is 1. The molecule has 0 saturated carbocycles. The first-order valence-electron chi connectivity index (χ1n) is 10.6. The van der Waals surface area contributed by atoms with Gasteiger partial charge in [0.1, 0.15) is 6.07 Å². The third-order valence-corrected chi connectivity index (χ3v) is 5.81.